The molecule has 0 radical (unpaired) electrons. The molecule has 1 amide bonds. The van der Waals surface area contributed by atoms with Gasteiger partial charge in [-0.05, 0) is 49.8 Å². The van der Waals surface area contributed by atoms with E-state index in [4.69, 9.17) is 4.74 Å². The maximum absolute atomic E-state index is 12.8. The second kappa shape index (κ2) is 8.50. The Morgan fingerprint density at radius 1 is 1.31 bits per heavy atom. The van der Waals surface area contributed by atoms with Crippen LogP contribution in [-0.4, -0.2) is 51.6 Å². The highest BCUT2D eigenvalue weighted by molar-refractivity contribution is 7.89. The van der Waals surface area contributed by atoms with Crippen LogP contribution < -0.4 is 4.72 Å². The van der Waals surface area contributed by atoms with E-state index in [9.17, 15) is 13.2 Å². The number of carbonyl (C=O) groups is 1. The maximum Gasteiger partial charge on any atom is 0.253 e. The van der Waals surface area contributed by atoms with E-state index in [0.29, 0.717) is 18.1 Å². The summed E-state index contributed by atoms with van der Waals surface area (Å²) in [5.41, 5.74) is 0.432. The molecule has 7 heteroatoms. The van der Waals surface area contributed by atoms with Gasteiger partial charge in [0.05, 0.1) is 11.0 Å². The molecule has 2 fully saturated rings. The highest BCUT2D eigenvalue weighted by atomic mass is 32.2. The number of nitrogens with one attached hydrogen (secondary N) is 1. The molecule has 2 aliphatic heterocycles. The molecule has 2 saturated heterocycles. The molecule has 2 unspecified atom stereocenters. The van der Waals surface area contributed by atoms with Gasteiger partial charge in [0.15, 0.2) is 0 Å². The molecule has 2 heterocycles. The molecule has 2 atom stereocenters. The van der Waals surface area contributed by atoms with Crippen LogP contribution in [0.25, 0.3) is 0 Å². The smallest absolute Gasteiger partial charge is 0.253 e. The number of nitrogens with zero attached hydrogens (tertiary/aromatic N) is 1. The van der Waals surface area contributed by atoms with Crippen LogP contribution in [0.3, 0.4) is 0 Å². The lowest BCUT2D eigenvalue weighted by Gasteiger charge is -2.32. The fraction of sp³-hybridized carbons (Fsp3) is 0.632. The van der Waals surface area contributed by atoms with Crippen molar-refractivity contribution in [1.82, 2.24) is 9.62 Å². The first-order valence-corrected chi connectivity index (χ1v) is 11.0. The summed E-state index contributed by atoms with van der Waals surface area (Å²) in [4.78, 5) is 14.8. The third-order valence-corrected chi connectivity index (χ3v) is 6.72. The van der Waals surface area contributed by atoms with Crippen molar-refractivity contribution in [3.05, 3.63) is 29.8 Å². The molecule has 1 aromatic carbocycles. The summed E-state index contributed by atoms with van der Waals surface area (Å²) in [5, 5.41) is 0. The average Bonchev–Trinajstić information content (AvgIpc) is 3.20. The van der Waals surface area contributed by atoms with Crippen LogP contribution in [-0.2, 0) is 14.8 Å². The largest absolute Gasteiger partial charge is 0.377 e. The Bertz CT molecular complexity index is 729. The first-order valence-electron chi connectivity index (χ1n) is 9.50. The van der Waals surface area contributed by atoms with E-state index >= 15 is 0 Å². The average molecular weight is 381 g/mol. The first kappa shape index (κ1) is 19.3. The van der Waals surface area contributed by atoms with Crippen LogP contribution in [0.15, 0.2) is 29.2 Å². The second-order valence-corrected chi connectivity index (χ2v) is 8.95. The van der Waals surface area contributed by atoms with Crippen LogP contribution in [0.5, 0.6) is 0 Å². The minimum Gasteiger partial charge on any atom is -0.377 e. The number of piperidine rings is 1. The number of likely N-dealkylation sites (tertiary alicyclic amines) is 1. The topological polar surface area (TPSA) is 75.7 Å². The van der Waals surface area contributed by atoms with Crippen molar-refractivity contribution in [2.45, 2.75) is 50.0 Å². The summed E-state index contributed by atoms with van der Waals surface area (Å²) in [7, 11) is -3.65. The van der Waals surface area contributed by atoms with Crippen molar-refractivity contribution in [3.63, 3.8) is 0 Å². The van der Waals surface area contributed by atoms with E-state index in [2.05, 4.69) is 11.6 Å². The number of sulfonamides is 1. The zero-order valence-corrected chi connectivity index (χ0v) is 16.1. The SMILES string of the molecule is CCC1CCCN(C(=O)c2cccc(S(=O)(=O)NCC3CCCO3)c2)C1. The van der Waals surface area contributed by atoms with E-state index in [1.165, 1.54) is 12.1 Å². The van der Waals surface area contributed by atoms with Crippen molar-refractivity contribution in [2.75, 3.05) is 26.2 Å². The Kier molecular flexibility index (Phi) is 6.32. The third-order valence-electron chi connectivity index (χ3n) is 5.30. The number of ether oxygens (including phenoxy) is 1. The van der Waals surface area contributed by atoms with E-state index < -0.39 is 10.0 Å². The lowest BCUT2D eigenvalue weighted by Crippen LogP contribution is -2.39. The summed E-state index contributed by atoms with van der Waals surface area (Å²) in [6.07, 6.45) is 4.99. The van der Waals surface area contributed by atoms with E-state index in [0.717, 1.165) is 45.2 Å². The number of rotatable bonds is 6. The van der Waals surface area contributed by atoms with Crippen LogP contribution in [0.2, 0.25) is 0 Å². The van der Waals surface area contributed by atoms with Gasteiger partial charge in [0.2, 0.25) is 10.0 Å². The molecule has 1 aromatic rings. The molecular formula is C19H28N2O4S. The quantitative estimate of drug-likeness (QED) is 0.822. The first-order chi connectivity index (χ1) is 12.5. The van der Waals surface area contributed by atoms with Gasteiger partial charge in [-0.1, -0.05) is 19.4 Å². The number of benzene rings is 1. The zero-order valence-electron chi connectivity index (χ0n) is 15.3. The monoisotopic (exact) mass is 380 g/mol. The molecule has 144 valence electrons. The fourth-order valence-corrected chi connectivity index (χ4v) is 4.76. The second-order valence-electron chi connectivity index (χ2n) is 7.18. The predicted octanol–water partition coefficient (Wildman–Crippen LogP) is 2.41. The molecule has 3 rings (SSSR count). The van der Waals surface area contributed by atoms with Crippen molar-refractivity contribution < 1.29 is 17.9 Å². The highest BCUT2D eigenvalue weighted by Crippen LogP contribution is 2.22. The fourth-order valence-electron chi connectivity index (χ4n) is 3.65. The summed E-state index contributed by atoms with van der Waals surface area (Å²) in [5.74, 6) is 0.451. The molecule has 2 aliphatic rings. The van der Waals surface area contributed by atoms with Gasteiger partial charge in [-0.3, -0.25) is 4.79 Å². The van der Waals surface area contributed by atoms with Gasteiger partial charge in [0.1, 0.15) is 0 Å². The number of amides is 1. The summed E-state index contributed by atoms with van der Waals surface area (Å²) in [6, 6.07) is 6.33. The molecular weight excluding hydrogens is 352 g/mol. The molecule has 0 bridgehead atoms. The van der Waals surface area contributed by atoms with Gasteiger partial charge in [-0.25, -0.2) is 13.1 Å². The normalized spacial score (nSPS) is 24.0. The lowest BCUT2D eigenvalue weighted by molar-refractivity contribution is 0.0671. The molecule has 6 nitrogen and oxygen atoms in total. The Hall–Kier alpha value is -1.44. The summed E-state index contributed by atoms with van der Waals surface area (Å²) in [6.45, 7) is 4.59. The van der Waals surface area contributed by atoms with E-state index in [1.807, 2.05) is 4.90 Å². The summed E-state index contributed by atoms with van der Waals surface area (Å²) >= 11 is 0. The van der Waals surface area contributed by atoms with Crippen molar-refractivity contribution in [1.29, 1.82) is 0 Å². The van der Waals surface area contributed by atoms with Gasteiger partial charge >= 0.3 is 0 Å². The summed E-state index contributed by atoms with van der Waals surface area (Å²) < 4.78 is 33.2. The Labute approximate surface area is 156 Å². The van der Waals surface area contributed by atoms with Crippen LogP contribution in [0, 0.1) is 5.92 Å². The molecule has 1 N–H and O–H groups in total. The molecule has 0 saturated carbocycles. The van der Waals surface area contributed by atoms with Gasteiger partial charge < -0.3 is 9.64 Å². The van der Waals surface area contributed by atoms with Crippen LogP contribution >= 0.6 is 0 Å². The standard InChI is InChI=1S/C19H28N2O4S/c1-2-15-6-4-10-21(14-15)19(22)16-7-3-9-18(12-16)26(23,24)20-13-17-8-5-11-25-17/h3,7,9,12,15,17,20H,2,4-6,8,10-11,13-14H2,1H3. The number of hydrogen-bond donors (Lipinski definition) is 1. The minimum atomic E-state index is -3.65. The van der Waals surface area contributed by atoms with Crippen molar-refractivity contribution in [3.8, 4) is 0 Å². The Balaban J connectivity index is 1.69. The predicted molar refractivity (Wildman–Crippen MR) is 99.5 cm³/mol. The van der Waals surface area contributed by atoms with Gasteiger partial charge in [0.25, 0.3) is 5.91 Å². The lowest BCUT2D eigenvalue weighted by atomic mass is 9.95. The Morgan fingerprint density at radius 3 is 2.88 bits per heavy atom. The van der Waals surface area contributed by atoms with E-state index in [-0.39, 0.29) is 23.5 Å². The Morgan fingerprint density at radius 2 is 2.15 bits per heavy atom. The number of hydrogen-bond acceptors (Lipinski definition) is 4. The molecule has 26 heavy (non-hydrogen) atoms. The highest BCUT2D eigenvalue weighted by Gasteiger charge is 2.25. The minimum absolute atomic E-state index is 0.0612. The van der Waals surface area contributed by atoms with Crippen molar-refractivity contribution >= 4 is 15.9 Å². The molecule has 0 spiro atoms. The van der Waals surface area contributed by atoms with Gasteiger partial charge in [-0.2, -0.15) is 0 Å². The van der Waals surface area contributed by atoms with Crippen LogP contribution in [0.4, 0.5) is 0 Å². The zero-order chi connectivity index (χ0) is 18.6. The van der Waals surface area contributed by atoms with Gasteiger partial charge in [-0.15, -0.1) is 0 Å². The number of carbonyl (C=O) groups excluding carboxylic acids is 1. The maximum atomic E-state index is 12.8. The van der Waals surface area contributed by atoms with E-state index in [1.54, 1.807) is 12.1 Å². The molecule has 0 aliphatic carbocycles. The van der Waals surface area contributed by atoms with Crippen LogP contribution in [0.1, 0.15) is 49.4 Å². The third kappa shape index (κ3) is 4.64. The van der Waals surface area contributed by atoms with Gasteiger partial charge in [0, 0.05) is 31.8 Å². The van der Waals surface area contributed by atoms with Crippen molar-refractivity contribution in [2.24, 2.45) is 5.92 Å². The molecule has 0 aromatic heterocycles.